The van der Waals surface area contributed by atoms with Crippen molar-refractivity contribution in [2.45, 2.75) is 38.2 Å². The molecule has 1 saturated heterocycles. The molecule has 2 N–H and O–H groups in total. The van der Waals surface area contributed by atoms with Crippen molar-refractivity contribution < 1.29 is 9.53 Å². The normalized spacial score (nSPS) is 21.6. The highest BCUT2D eigenvalue weighted by Crippen LogP contribution is 2.39. The van der Waals surface area contributed by atoms with Gasteiger partial charge in [-0.15, -0.1) is 0 Å². The van der Waals surface area contributed by atoms with Gasteiger partial charge in [0.15, 0.2) is 5.82 Å². The second kappa shape index (κ2) is 5.77. The van der Waals surface area contributed by atoms with Gasteiger partial charge in [-0.2, -0.15) is 10.2 Å². The third kappa shape index (κ3) is 2.86. The van der Waals surface area contributed by atoms with Gasteiger partial charge in [0.2, 0.25) is 0 Å². The Labute approximate surface area is 133 Å². The Morgan fingerprint density at radius 3 is 3.00 bits per heavy atom. The highest BCUT2D eigenvalue weighted by Gasteiger charge is 2.31. The molecule has 0 aromatic carbocycles. The van der Waals surface area contributed by atoms with Crippen LogP contribution in [0, 0.1) is 0 Å². The Morgan fingerprint density at radius 2 is 2.26 bits per heavy atom. The highest BCUT2D eigenvalue weighted by atomic mass is 16.5. The number of ether oxygens (including phenoxy) is 1. The number of carbonyl (C=O) groups is 1. The van der Waals surface area contributed by atoms with Crippen LogP contribution in [0.2, 0.25) is 0 Å². The summed E-state index contributed by atoms with van der Waals surface area (Å²) in [6, 6.07) is 1.88. The van der Waals surface area contributed by atoms with Gasteiger partial charge in [-0.1, -0.05) is 6.92 Å². The van der Waals surface area contributed by atoms with Crippen LogP contribution in [0.25, 0.3) is 0 Å². The Balaban J connectivity index is 1.46. The molecular weight excluding hydrogens is 296 g/mol. The molecular formula is C15H20N6O2. The highest BCUT2D eigenvalue weighted by molar-refractivity contribution is 5.92. The summed E-state index contributed by atoms with van der Waals surface area (Å²) >= 11 is 0. The first-order valence-electron chi connectivity index (χ1n) is 8.12. The third-order valence-electron chi connectivity index (χ3n) is 4.36. The van der Waals surface area contributed by atoms with Crippen LogP contribution in [0.1, 0.15) is 59.6 Å². The molecule has 2 aromatic heterocycles. The van der Waals surface area contributed by atoms with E-state index in [0.717, 1.165) is 17.9 Å². The van der Waals surface area contributed by atoms with Crippen molar-refractivity contribution in [3.8, 4) is 0 Å². The first kappa shape index (κ1) is 14.4. The number of aromatic amines is 2. The minimum atomic E-state index is -0.286. The minimum Gasteiger partial charge on any atom is -0.366 e. The van der Waals surface area contributed by atoms with Crippen LogP contribution in [0.15, 0.2) is 6.07 Å². The summed E-state index contributed by atoms with van der Waals surface area (Å²) in [7, 11) is 0. The number of carbonyl (C=O) groups excluding carboxylic acids is 1. The Kier molecular flexibility index (Phi) is 3.60. The molecule has 1 amide bonds. The number of hydrogen-bond donors (Lipinski definition) is 2. The number of morpholine rings is 1. The summed E-state index contributed by atoms with van der Waals surface area (Å²) in [4.78, 5) is 18.8. The lowest BCUT2D eigenvalue weighted by molar-refractivity contribution is -0.0268. The van der Waals surface area contributed by atoms with E-state index in [1.807, 2.05) is 13.0 Å². The topological polar surface area (TPSA) is 99.8 Å². The van der Waals surface area contributed by atoms with E-state index in [2.05, 4.69) is 25.4 Å². The second-order valence-electron chi connectivity index (χ2n) is 6.09. The van der Waals surface area contributed by atoms with Gasteiger partial charge in [-0.3, -0.25) is 15.0 Å². The minimum absolute atomic E-state index is 0.0623. The van der Waals surface area contributed by atoms with Crippen molar-refractivity contribution in [3.63, 3.8) is 0 Å². The lowest BCUT2D eigenvalue weighted by Crippen LogP contribution is -2.42. The van der Waals surface area contributed by atoms with E-state index in [1.165, 1.54) is 12.8 Å². The summed E-state index contributed by atoms with van der Waals surface area (Å²) in [6.45, 7) is 3.50. The fourth-order valence-electron chi connectivity index (χ4n) is 2.81. The average molecular weight is 316 g/mol. The van der Waals surface area contributed by atoms with Gasteiger partial charge < -0.3 is 9.64 Å². The maximum atomic E-state index is 12.6. The molecule has 1 aliphatic carbocycles. The molecule has 8 heteroatoms. The molecule has 0 spiro atoms. The van der Waals surface area contributed by atoms with Crippen molar-refractivity contribution in [2.75, 3.05) is 19.7 Å². The average Bonchev–Trinajstić information content (AvgIpc) is 3.14. The van der Waals surface area contributed by atoms with E-state index >= 15 is 0 Å². The lowest BCUT2D eigenvalue weighted by atomic mass is 10.2. The molecule has 122 valence electrons. The maximum Gasteiger partial charge on any atom is 0.274 e. The summed E-state index contributed by atoms with van der Waals surface area (Å²) in [5.74, 6) is 1.93. The van der Waals surface area contributed by atoms with Gasteiger partial charge in [0.05, 0.1) is 13.2 Å². The summed E-state index contributed by atoms with van der Waals surface area (Å²) in [5.41, 5.74) is 1.55. The number of aryl methyl sites for hydroxylation is 1. The number of nitrogens with zero attached hydrogens (tertiary/aromatic N) is 4. The van der Waals surface area contributed by atoms with E-state index in [9.17, 15) is 4.79 Å². The van der Waals surface area contributed by atoms with E-state index in [0.29, 0.717) is 37.1 Å². The van der Waals surface area contributed by atoms with Gasteiger partial charge in [0.1, 0.15) is 17.6 Å². The van der Waals surface area contributed by atoms with Crippen LogP contribution in [0.4, 0.5) is 0 Å². The SMILES string of the molecule is CCc1nc(C2CN(C(=O)c3cc(C4CC4)[nH]n3)CCO2)n[nH]1. The second-order valence-corrected chi connectivity index (χ2v) is 6.09. The zero-order chi connectivity index (χ0) is 15.8. The first-order valence-corrected chi connectivity index (χ1v) is 8.12. The Hall–Kier alpha value is -2.22. The van der Waals surface area contributed by atoms with E-state index in [1.54, 1.807) is 4.90 Å². The molecule has 0 radical (unpaired) electrons. The lowest BCUT2D eigenvalue weighted by Gasteiger charge is -2.31. The number of H-pyrrole nitrogens is 2. The molecule has 1 aliphatic heterocycles. The number of aromatic nitrogens is 5. The zero-order valence-corrected chi connectivity index (χ0v) is 13.1. The van der Waals surface area contributed by atoms with Gasteiger partial charge >= 0.3 is 0 Å². The van der Waals surface area contributed by atoms with Gasteiger partial charge in [-0.05, 0) is 18.9 Å². The summed E-state index contributed by atoms with van der Waals surface area (Å²) in [5, 5.41) is 14.2. The molecule has 0 bridgehead atoms. The van der Waals surface area contributed by atoms with Gasteiger partial charge in [0, 0.05) is 24.6 Å². The summed E-state index contributed by atoms with van der Waals surface area (Å²) < 4.78 is 5.72. The van der Waals surface area contributed by atoms with Crippen molar-refractivity contribution in [1.82, 2.24) is 30.3 Å². The van der Waals surface area contributed by atoms with Crippen LogP contribution in [-0.4, -0.2) is 55.9 Å². The first-order chi connectivity index (χ1) is 11.2. The van der Waals surface area contributed by atoms with E-state index in [4.69, 9.17) is 4.74 Å². The molecule has 2 aliphatic rings. The monoisotopic (exact) mass is 316 g/mol. The van der Waals surface area contributed by atoms with Crippen LogP contribution >= 0.6 is 0 Å². The van der Waals surface area contributed by atoms with Crippen LogP contribution in [-0.2, 0) is 11.2 Å². The molecule has 1 atom stereocenters. The summed E-state index contributed by atoms with van der Waals surface area (Å²) in [6.07, 6.45) is 2.87. The van der Waals surface area contributed by atoms with E-state index < -0.39 is 0 Å². The van der Waals surface area contributed by atoms with Crippen LogP contribution in [0.5, 0.6) is 0 Å². The van der Waals surface area contributed by atoms with Gasteiger partial charge in [-0.25, -0.2) is 4.98 Å². The van der Waals surface area contributed by atoms with Crippen LogP contribution < -0.4 is 0 Å². The predicted molar refractivity (Wildman–Crippen MR) is 80.9 cm³/mol. The molecule has 8 nitrogen and oxygen atoms in total. The zero-order valence-electron chi connectivity index (χ0n) is 13.1. The number of hydrogen-bond acceptors (Lipinski definition) is 5. The van der Waals surface area contributed by atoms with Gasteiger partial charge in [0.25, 0.3) is 5.91 Å². The fourth-order valence-corrected chi connectivity index (χ4v) is 2.81. The van der Waals surface area contributed by atoms with Crippen molar-refractivity contribution >= 4 is 5.91 Å². The molecule has 2 fully saturated rings. The largest absolute Gasteiger partial charge is 0.366 e. The van der Waals surface area contributed by atoms with Crippen LogP contribution in [0.3, 0.4) is 0 Å². The molecule has 3 heterocycles. The number of nitrogens with one attached hydrogen (secondary N) is 2. The standard InChI is InChI=1S/C15H20N6O2/c1-2-13-16-14(20-19-13)12-8-21(5-6-23-12)15(22)11-7-10(17-18-11)9-3-4-9/h7,9,12H,2-6,8H2,1H3,(H,17,18)(H,16,19,20). The van der Waals surface area contributed by atoms with Crippen molar-refractivity contribution in [1.29, 1.82) is 0 Å². The Bertz CT molecular complexity index is 704. The molecule has 4 rings (SSSR count). The van der Waals surface area contributed by atoms with Crippen molar-refractivity contribution in [2.24, 2.45) is 0 Å². The fraction of sp³-hybridized carbons (Fsp3) is 0.600. The maximum absolute atomic E-state index is 12.6. The quantitative estimate of drug-likeness (QED) is 0.882. The van der Waals surface area contributed by atoms with Crippen molar-refractivity contribution in [3.05, 3.63) is 29.1 Å². The Morgan fingerprint density at radius 1 is 1.39 bits per heavy atom. The number of amides is 1. The molecule has 23 heavy (non-hydrogen) atoms. The smallest absolute Gasteiger partial charge is 0.274 e. The van der Waals surface area contributed by atoms with E-state index in [-0.39, 0.29) is 12.0 Å². The predicted octanol–water partition coefficient (Wildman–Crippen LogP) is 1.18. The number of rotatable bonds is 4. The molecule has 2 aromatic rings. The third-order valence-corrected chi connectivity index (χ3v) is 4.36. The molecule has 1 unspecified atom stereocenters. The molecule has 1 saturated carbocycles.